The summed E-state index contributed by atoms with van der Waals surface area (Å²) in [4.78, 5) is 11.5. The highest BCUT2D eigenvalue weighted by atomic mass is 16.5. The molecule has 1 aromatic carbocycles. The molecule has 20 heavy (non-hydrogen) atoms. The van der Waals surface area contributed by atoms with Gasteiger partial charge in [-0.05, 0) is 37.6 Å². The first-order chi connectivity index (χ1) is 9.65. The number of nitrogens with zero attached hydrogens (tertiary/aromatic N) is 2. The first-order valence-corrected chi connectivity index (χ1v) is 6.59. The molecule has 0 spiro atoms. The van der Waals surface area contributed by atoms with Crippen LogP contribution in [0, 0.1) is 6.92 Å². The van der Waals surface area contributed by atoms with Crippen molar-refractivity contribution in [2.75, 3.05) is 12.4 Å². The molecule has 5 nitrogen and oxygen atoms in total. The predicted molar refractivity (Wildman–Crippen MR) is 77.7 cm³/mol. The van der Waals surface area contributed by atoms with Crippen molar-refractivity contribution in [2.24, 2.45) is 0 Å². The van der Waals surface area contributed by atoms with Gasteiger partial charge in [0.15, 0.2) is 0 Å². The molecule has 1 N–H and O–H groups in total. The molecule has 0 atom stereocenters. The van der Waals surface area contributed by atoms with Crippen LogP contribution in [0.15, 0.2) is 30.5 Å². The Balaban J connectivity index is 2.14. The molecule has 0 aliphatic heterocycles. The Kier molecular flexibility index (Phi) is 4.40. The molecule has 0 amide bonds. The van der Waals surface area contributed by atoms with E-state index in [-0.39, 0.29) is 5.97 Å². The number of benzene rings is 1. The highest BCUT2D eigenvalue weighted by molar-refractivity contribution is 5.90. The Labute approximate surface area is 118 Å². The molecule has 0 saturated heterocycles. The number of anilines is 1. The van der Waals surface area contributed by atoms with E-state index < -0.39 is 0 Å². The molecule has 0 unspecified atom stereocenters. The van der Waals surface area contributed by atoms with Crippen LogP contribution in [0.2, 0.25) is 0 Å². The summed E-state index contributed by atoms with van der Waals surface area (Å²) in [7, 11) is 1.38. The van der Waals surface area contributed by atoms with E-state index in [9.17, 15) is 4.79 Å². The Bertz CT molecular complexity index is 605. The van der Waals surface area contributed by atoms with Gasteiger partial charge in [-0.2, -0.15) is 5.10 Å². The van der Waals surface area contributed by atoms with Crippen molar-refractivity contribution in [1.82, 2.24) is 9.78 Å². The molecule has 0 aliphatic rings. The summed E-state index contributed by atoms with van der Waals surface area (Å²) in [6.07, 6.45) is 1.79. The number of rotatable bonds is 5. The fourth-order valence-corrected chi connectivity index (χ4v) is 2.04. The lowest BCUT2D eigenvalue weighted by Crippen LogP contribution is -2.09. The minimum Gasteiger partial charge on any atom is -0.465 e. The summed E-state index contributed by atoms with van der Waals surface area (Å²) in [6.45, 7) is 5.56. The number of aryl methyl sites for hydroxylation is 2. The van der Waals surface area contributed by atoms with Gasteiger partial charge < -0.3 is 10.1 Å². The largest absolute Gasteiger partial charge is 0.465 e. The lowest BCUT2D eigenvalue weighted by Gasteiger charge is -2.12. The first-order valence-electron chi connectivity index (χ1n) is 6.59. The quantitative estimate of drug-likeness (QED) is 0.851. The Morgan fingerprint density at radius 1 is 1.40 bits per heavy atom. The van der Waals surface area contributed by atoms with Gasteiger partial charge in [-0.25, -0.2) is 4.79 Å². The lowest BCUT2D eigenvalue weighted by molar-refractivity contribution is 0.0601. The van der Waals surface area contributed by atoms with Crippen molar-refractivity contribution in [3.8, 4) is 0 Å². The number of hydrogen-bond donors (Lipinski definition) is 1. The molecule has 0 radical (unpaired) electrons. The molecule has 5 heteroatoms. The van der Waals surface area contributed by atoms with Crippen molar-refractivity contribution in [1.29, 1.82) is 0 Å². The van der Waals surface area contributed by atoms with Crippen LogP contribution in [0.3, 0.4) is 0 Å². The fourth-order valence-electron chi connectivity index (χ4n) is 2.04. The monoisotopic (exact) mass is 273 g/mol. The van der Waals surface area contributed by atoms with Gasteiger partial charge in [-0.1, -0.05) is 6.07 Å². The van der Waals surface area contributed by atoms with Crippen molar-refractivity contribution in [3.63, 3.8) is 0 Å². The van der Waals surface area contributed by atoms with Gasteiger partial charge in [0.2, 0.25) is 0 Å². The molecule has 1 heterocycles. The molecule has 2 rings (SSSR count). The van der Waals surface area contributed by atoms with Crippen LogP contribution in [0.4, 0.5) is 5.69 Å². The Morgan fingerprint density at radius 3 is 2.90 bits per heavy atom. The third-order valence-electron chi connectivity index (χ3n) is 3.22. The standard InChI is InChI=1S/C15H19N3O2/c1-4-18-13(7-8-17-18)10-16-14-9-12(15(19)20-3)6-5-11(14)2/h5-9,16H,4,10H2,1-3H3. The second kappa shape index (κ2) is 6.23. The zero-order valence-corrected chi connectivity index (χ0v) is 12.0. The van der Waals surface area contributed by atoms with Crippen LogP contribution < -0.4 is 5.32 Å². The van der Waals surface area contributed by atoms with Crippen molar-refractivity contribution >= 4 is 11.7 Å². The zero-order chi connectivity index (χ0) is 14.5. The van der Waals surface area contributed by atoms with Crippen LogP contribution in [0.5, 0.6) is 0 Å². The maximum Gasteiger partial charge on any atom is 0.337 e. The topological polar surface area (TPSA) is 56.2 Å². The Morgan fingerprint density at radius 2 is 2.20 bits per heavy atom. The summed E-state index contributed by atoms with van der Waals surface area (Å²) < 4.78 is 6.67. The molecule has 2 aromatic rings. The first kappa shape index (κ1) is 14.1. The predicted octanol–water partition coefficient (Wildman–Crippen LogP) is 2.61. The molecule has 0 bridgehead atoms. The highest BCUT2D eigenvalue weighted by Crippen LogP contribution is 2.18. The average Bonchev–Trinajstić information content (AvgIpc) is 2.93. The molecular weight excluding hydrogens is 254 g/mol. The number of nitrogens with one attached hydrogen (secondary N) is 1. The van der Waals surface area contributed by atoms with Gasteiger partial charge in [-0.15, -0.1) is 0 Å². The van der Waals surface area contributed by atoms with E-state index in [1.807, 2.05) is 29.8 Å². The van der Waals surface area contributed by atoms with E-state index in [1.165, 1.54) is 7.11 Å². The summed E-state index contributed by atoms with van der Waals surface area (Å²) in [5.74, 6) is -0.327. The second-order valence-electron chi connectivity index (χ2n) is 4.51. The number of methoxy groups -OCH3 is 1. The third kappa shape index (κ3) is 2.99. The van der Waals surface area contributed by atoms with Crippen molar-refractivity contribution in [2.45, 2.75) is 26.9 Å². The van der Waals surface area contributed by atoms with Crippen LogP contribution in [0.1, 0.15) is 28.5 Å². The van der Waals surface area contributed by atoms with E-state index in [4.69, 9.17) is 4.74 Å². The smallest absolute Gasteiger partial charge is 0.337 e. The van der Waals surface area contributed by atoms with Gasteiger partial charge in [0.1, 0.15) is 0 Å². The maximum atomic E-state index is 11.5. The summed E-state index contributed by atoms with van der Waals surface area (Å²) >= 11 is 0. The fraction of sp³-hybridized carbons (Fsp3) is 0.333. The number of aromatic nitrogens is 2. The summed E-state index contributed by atoms with van der Waals surface area (Å²) in [6, 6.07) is 7.47. The Hall–Kier alpha value is -2.30. The highest BCUT2D eigenvalue weighted by Gasteiger charge is 2.08. The van der Waals surface area contributed by atoms with Crippen LogP contribution in [-0.4, -0.2) is 22.9 Å². The molecule has 0 aliphatic carbocycles. The number of ether oxygens (including phenoxy) is 1. The number of carbonyl (C=O) groups is 1. The molecule has 0 saturated carbocycles. The van der Waals surface area contributed by atoms with Crippen LogP contribution in [0.25, 0.3) is 0 Å². The van der Waals surface area contributed by atoms with E-state index in [0.717, 1.165) is 23.5 Å². The van der Waals surface area contributed by atoms with Gasteiger partial charge in [0.05, 0.1) is 24.9 Å². The molecular formula is C15H19N3O2. The average molecular weight is 273 g/mol. The van der Waals surface area contributed by atoms with Gasteiger partial charge >= 0.3 is 5.97 Å². The number of carbonyl (C=O) groups excluding carboxylic acids is 1. The van der Waals surface area contributed by atoms with Crippen LogP contribution >= 0.6 is 0 Å². The molecule has 0 fully saturated rings. The maximum absolute atomic E-state index is 11.5. The van der Waals surface area contributed by atoms with Gasteiger partial charge in [0.25, 0.3) is 0 Å². The minimum atomic E-state index is -0.327. The lowest BCUT2D eigenvalue weighted by atomic mass is 10.1. The van der Waals surface area contributed by atoms with E-state index in [0.29, 0.717) is 12.1 Å². The van der Waals surface area contributed by atoms with E-state index in [1.54, 1.807) is 12.3 Å². The van der Waals surface area contributed by atoms with Crippen LogP contribution in [-0.2, 0) is 17.8 Å². The van der Waals surface area contributed by atoms with Crippen molar-refractivity contribution < 1.29 is 9.53 Å². The van der Waals surface area contributed by atoms with Crippen molar-refractivity contribution in [3.05, 3.63) is 47.3 Å². The second-order valence-corrected chi connectivity index (χ2v) is 4.51. The molecule has 106 valence electrons. The van der Waals surface area contributed by atoms with E-state index in [2.05, 4.69) is 17.3 Å². The summed E-state index contributed by atoms with van der Waals surface area (Å²) in [5, 5.41) is 7.57. The normalized spacial score (nSPS) is 10.3. The van der Waals surface area contributed by atoms with Gasteiger partial charge in [-0.3, -0.25) is 4.68 Å². The summed E-state index contributed by atoms with van der Waals surface area (Å²) in [5.41, 5.74) is 3.66. The SMILES string of the molecule is CCn1nccc1CNc1cc(C(=O)OC)ccc1C. The number of esters is 1. The third-order valence-corrected chi connectivity index (χ3v) is 3.22. The minimum absolute atomic E-state index is 0.327. The molecule has 1 aromatic heterocycles. The van der Waals surface area contributed by atoms with E-state index >= 15 is 0 Å². The zero-order valence-electron chi connectivity index (χ0n) is 12.0. The number of hydrogen-bond acceptors (Lipinski definition) is 4. The van der Waals surface area contributed by atoms with Gasteiger partial charge in [0, 0.05) is 18.4 Å².